The number of carbonyl (C=O) groups excluding carboxylic acids is 2. The van der Waals surface area contributed by atoms with Gasteiger partial charge in [0.2, 0.25) is 10.9 Å². The number of fused-ring (bicyclic) bond motifs is 1. The molecule has 2 aromatic heterocycles. The van der Waals surface area contributed by atoms with E-state index in [2.05, 4.69) is 10.2 Å². The highest BCUT2D eigenvalue weighted by Gasteiger charge is 2.47. The third kappa shape index (κ3) is 4.48. The van der Waals surface area contributed by atoms with Crippen molar-refractivity contribution >= 4 is 39.1 Å². The van der Waals surface area contributed by atoms with Crippen LogP contribution >= 0.6 is 11.3 Å². The predicted octanol–water partition coefficient (Wildman–Crippen LogP) is 5.96. The van der Waals surface area contributed by atoms with Gasteiger partial charge in [0.15, 0.2) is 23.0 Å². The molecule has 1 aliphatic rings. The Kier molecular flexibility index (Phi) is 6.53. The lowest BCUT2D eigenvalue weighted by Gasteiger charge is -2.24. The quantitative estimate of drug-likeness (QED) is 0.234. The topological polar surface area (TPSA) is 115 Å². The minimum Gasteiger partial charge on any atom is -0.503 e. The van der Waals surface area contributed by atoms with Crippen LogP contribution in [0.3, 0.4) is 0 Å². The van der Waals surface area contributed by atoms with Gasteiger partial charge < -0.3 is 19.0 Å². The van der Waals surface area contributed by atoms with Gasteiger partial charge in [-0.1, -0.05) is 65.9 Å². The number of ether oxygens (including phenoxy) is 2. The van der Waals surface area contributed by atoms with Gasteiger partial charge in [0.05, 0.1) is 18.7 Å². The van der Waals surface area contributed by atoms with Gasteiger partial charge in [0, 0.05) is 5.39 Å². The van der Waals surface area contributed by atoms with Crippen LogP contribution in [0.5, 0.6) is 11.5 Å². The summed E-state index contributed by atoms with van der Waals surface area (Å²) in [6.07, 6.45) is 0. The molecule has 10 heteroatoms. The van der Waals surface area contributed by atoms with E-state index in [9.17, 15) is 14.7 Å². The van der Waals surface area contributed by atoms with E-state index in [1.165, 1.54) is 23.3 Å². The Balaban J connectivity index is 1.42. The summed E-state index contributed by atoms with van der Waals surface area (Å²) in [7, 11) is 1.51. The number of furan rings is 1. The van der Waals surface area contributed by atoms with E-state index in [4.69, 9.17) is 13.9 Å². The predicted molar refractivity (Wildman–Crippen MR) is 149 cm³/mol. The average molecular weight is 554 g/mol. The van der Waals surface area contributed by atoms with Crippen LogP contribution < -0.4 is 14.4 Å². The maximum absolute atomic E-state index is 13.8. The molecule has 3 aromatic carbocycles. The van der Waals surface area contributed by atoms with Crippen LogP contribution in [0.25, 0.3) is 11.0 Å². The van der Waals surface area contributed by atoms with Gasteiger partial charge in [-0.2, -0.15) is 0 Å². The number of ketones is 1. The Bertz CT molecular complexity index is 1740. The van der Waals surface area contributed by atoms with Crippen molar-refractivity contribution in [2.24, 2.45) is 0 Å². The van der Waals surface area contributed by atoms with Gasteiger partial charge in [-0.25, -0.2) is 0 Å². The van der Waals surface area contributed by atoms with Gasteiger partial charge in [0.1, 0.15) is 17.2 Å². The maximum atomic E-state index is 13.8. The number of aromatic nitrogens is 2. The summed E-state index contributed by atoms with van der Waals surface area (Å²) in [6.45, 7) is 2.08. The molecular formula is C30H23N3O6S. The van der Waals surface area contributed by atoms with Crippen LogP contribution in [-0.2, 0) is 11.4 Å². The Hall–Kier alpha value is -4.96. The first-order chi connectivity index (χ1) is 19.4. The lowest BCUT2D eigenvalue weighted by Crippen LogP contribution is -2.31. The third-order valence-corrected chi connectivity index (χ3v) is 7.40. The molecule has 3 heterocycles. The Labute approximate surface area is 232 Å². The van der Waals surface area contributed by atoms with Gasteiger partial charge in [-0.3, -0.25) is 14.5 Å². The van der Waals surface area contributed by atoms with Crippen LogP contribution in [-0.4, -0.2) is 34.1 Å². The molecule has 5 aromatic rings. The number of aliphatic hydroxyl groups is 1. The molecule has 1 amide bonds. The van der Waals surface area contributed by atoms with E-state index in [1.807, 2.05) is 42.5 Å². The number of para-hydroxylation sites is 1. The van der Waals surface area contributed by atoms with Crippen molar-refractivity contribution in [3.05, 3.63) is 112 Å². The number of hydrogen-bond acceptors (Lipinski definition) is 9. The fourth-order valence-corrected chi connectivity index (χ4v) is 5.38. The zero-order valence-corrected chi connectivity index (χ0v) is 22.3. The fourth-order valence-electron chi connectivity index (χ4n) is 4.67. The molecule has 0 radical (unpaired) electrons. The van der Waals surface area contributed by atoms with E-state index < -0.39 is 23.5 Å². The highest BCUT2D eigenvalue weighted by Crippen LogP contribution is 2.45. The Morgan fingerprint density at radius 2 is 1.80 bits per heavy atom. The van der Waals surface area contributed by atoms with Crippen molar-refractivity contribution in [1.29, 1.82) is 0 Å². The van der Waals surface area contributed by atoms with Crippen molar-refractivity contribution < 1.29 is 28.6 Å². The molecule has 9 nitrogen and oxygen atoms in total. The second-order valence-electron chi connectivity index (χ2n) is 9.11. The maximum Gasteiger partial charge on any atom is 0.296 e. The van der Waals surface area contributed by atoms with Crippen molar-refractivity contribution in [1.82, 2.24) is 10.2 Å². The first-order valence-corrected chi connectivity index (χ1v) is 13.2. The van der Waals surface area contributed by atoms with Crippen LogP contribution in [0.1, 0.15) is 32.7 Å². The average Bonchev–Trinajstić information content (AvgIpc) is 3.68. The zero-order valence-electron chi connectivity index (χ0n) is 21.5. The summed E-state index contributed by atoms with van der Waals surface area (Å²) in [6, 6.07) is 22.6. The van der Waals surface area contributed by atoms with E-state index in [0.717, 1.165) is 10.9 Å². The molecule has 1 aliphatic heterocycles. The summed E-state index contributed by atoms with van der Waals surface area (Å²) in [5.41, 5.74) is 1.88. The number of benzene rings is 3. The number of rotatable bonds is 8. The molecule has 0 fully saturated rings. The molecule has 1 N–H and O–H groups in total. The van der Waals surface area contributed by atoms with Gasteiger partial charge in [-0.05, 0) is 42.3 Å². The number of nitrogens with zero attached hydrogens (tertiary/aromatic N) is 3. The number of aliphatic hydroxyl groups excluding tert-OH is 1. The van der Waals surface area contributed by atoms with Crippen LogP contribution in [0.2, 0.25) is 0 Å². The minimum absolute atomic E-state index is 0.00521. The van der Waals surface area contributed by atoms with E-state index >= 15 is 0 Å². The first kappa shape index (κ1) is 25.3. The number of Topliss-reactive ketones (excluding diaryl/α,β-unsaturated/α-hetero) is 1. The molecule has 0 saturated heterocycles. The molecule has 40 heavy (non-hydrogen) atoms. The highest BCUT2D eigenvalue weighted by molar-refractivity contribution is 7.15. The molecule has 0 bridgehead atoms. The van der Waals surface area contributed by atoms with E-state index in [1.54, 1.807) is 43.3 Å². The molecule has 0 spiro atoms. The van der Waals surface area contributed by atoms with Crippen LogP contribution in [0, 0.1) is 6.92 Å². The number of hydrogen-bond donors (Lipinski definition) is 1. The smallest absolute Gasteiger partial charge is 0.296 e. The summed E-state index contributed by atoms with van der Waals surface area (Å²) in [5, 5.41) is 20.8. The number of methoxy groups -OCH3 is 1. The molecule has 200 valence electrons. The van der Waals surface area contributed by atoms with E-state index in [0.29, 0.717) is 34.3 Å². The highest BCUT2D eigenvalue weighted by atomic mass is 32.1. The van der Waals surface area contributed by atoms with Crippen molar-refractivity contribution in [2.45, 2.75) is 19.6 Å². The van der Waals surface area contributed by atoms with Gasteiger partial charge in [-0.15, -0.1) is 10.2 Å². The standard InChI is InChI=1S/C30H23N3O6S/c1-17-31-32-30(40-17)33-26(20-12-13-22(23(15-20)37-2)38-16-18-8-4-3-5-9-18)25(28(35)29(33)36)27(34)24-14-19-10-6-7-11-21(19)39-24/h3-15,26,35H,16H2,1-2H3/t26-/m0/s1. The number of anilines is 1. The minimum atomic E-state index is -1.02. The molecule has 6 rings (SSSR count). The second-order valence-corrected chi connectivity index (χ2v) is 10.3. The third-order valence-electron chi connectivity index (χ3n) is 6.56. The van der Waals surface area contributed by atoms with Crippen molar-refractivity contribution in [2.75, 3.05) is 12.0 Å². The Morgan fingerprint density at radius 1 is 1.02 bits per heavy atom. The monoisotopic (exact) mass is 553 g/mol. The molecule has 1 atom stereocenters. The number of carbonyl (C=O) groups is 2. The fraction of sp³-hybridized carbons (Fsp3) is 0.133. The van der Waals surface area contributed by atoms with E-state index in [-0.39, 0.29) is 16.5 Å². The SMILES string of the molecule is COc1cc([C@H]2C(C(=O)c3cc4ccccc4o3)=C(O)C(=O)N2c2nnc(C)s2)ccc1OCc1ccccc1. The van der Waals surface area contributed by atoms with Crippen LogP contribution in [0.15, 0.2) is 94.6 Å². The molecule has 0 aliphatic carbocycles. The second kappa shape index (κ2) is 10.3. The number of amides is 1. The summed E-state index contributed by atoms with van der Waals surface area (Å²) in [4.78, 5) is 28.5. The zero-order chi connectivity index (χ0) is 27.8. The van der Waals surface area contributed by atoms with Gasteiger partial charge >= 0.3 is 0 Å². The largest absolute Gasteiger partial charge is 0.503 e. The summed E-state index contributed by atoms with van der Waals surface area (Å²) >= 11 is 1.18. The van der Waals surface area contributed by atoms with Gasteiger partial charge in [0.25, 0.3) is 5.91 Å². The molecular weight excluding hydrogens is 530 g/mol. The normalized spacial score (nSPS) is 15.2. The first-order valence-electron chi connectivity index (χ1n) is 12.4. The lowest BCUT2D eigenvalue weighted by atomic mass is 9.95. The molecule has 0 saturated carbocycles. The van der Waals surface area contributed by atoms with Crippen molar-refractivity contribution in [3.8, 4) is 11.5 Å². The summed E-state index contributed by atoms with van der Waals surface area (Å²) in [5.74, 6) is -1.16. The lowest BCUT2D eigenvalue weighted by molar-refractivity contribution is -0.117. The van der Waals surface area contributed by atoms with Crippen LogP contribution in [0.4, 0.5) is 5.13 Å². The summed E-state index contributed by atoms with van der Waals surface area (Å²) < 4.78 is 17.4. The Morgan fingerprint density at radius 3 is 2.52 bits per heavy atom. The number of aryl methyl sites for hydroxylation is 1. The molecule has 0 unspecified atom stereocenters. The van der Waals surface area contributed by atoms with Crippen molar-refractivity contribution in [3.63, 3.8) is 0 Å².